The average Bonchev–Trinajstić information content (AvgIpc) is 3.64. The highest BCUT2D eigenvalue weighted by Gasteiger charge is 2.44. The summed E-state index contributed by atoms with van der Waals surface area (Å²) in [5, 5.41) is 6.82. The summed E-state index contributed by atoms with van der Waals surface area (Å²) in [7, 11) is 4.66. The molecule has 1 aromatic heterocycles. The number of ether oxygens (including phenoxy) is 1. The van der Waals surface area contributed by atoms with Crippen molar-refractivity contribution >= 4 is 23.4 Å². The van der Waals surface area contributed by atoms with Gasteiger partial charge in [0.15, 0.2) is 5.69 Å². The lowest BCUT2D eigenvalue weighted by atomic mass is 10.0. The van der Waals surface area contributed by atoms with Gasteiger partial charge in [-0.1, -0.05) is 6.92 Å². The maximum absolute atomic E-state index is 14.2. The number of rotatable bonds is 8. The lowest BCUT2D eigenvalue weighted by Gasteiger charge is -2.28. The molecule has 1 N–H and O–H groups in total. The van der Waals surface area contributed by atoms with Crippen molar-refractivity contribution < 1.29 is 32.3 Å². The number of nitrogens with one attached hydrogen (secondary N) is 1. The van der Waals surface area contributed by atoms with Crippen molar-refractivity contribution in [2.45, 2.75) is 38.4 Å². The van der Waals surface area contributed by atoms with Crippen molar-refractivity contribution in [3.05, 3.63) is 70.5 Å². The van der Waals surface area contributed by atoms with Crippen LogP contribution < -0.4 is 15.0 Å². The number of amides is 3. The van der Waals surface area contributed by atoms with Gasteiger partial charge in [0.25, 0.3) is 17.7 Å². The highest BCUT2D eigenvalue weighted by molar-refractivity contribution is 6.08. The SMILES string of the molecule is CCN1CCCC1CNC(=O)c1cc(OC)ccc1-n1nc(C(F)(F)F)c2c1C(=O)N(c1ccc(C(=O)N(C)C)cc1)CC2. The normalized spacial score (nSPS) is 17.0. The van der Waals surface area contributed by atoms with Gasteiger partial charge < -0.3 is 19.9 Å². The largest absolute Gasteiger partial charge is 0.497 e. The summed E-state index contributed by atoms with van der Waals surface area (Å²) >= 11 is 0. The van der Waals surface area contributed by atoms with Crippen molar-refractivity contribution in [1.82, 2.24) is 24.9 Å². The predicted molar refractivity (Wildman–Crippen MR) is 158 cm³/mol. The number of carbonyl (C=O) groups is 3. The fraction of sp³-hybridized carbons (Fsp3) is 0.419. The fourth-order valence-electron chi connectivity index (χ4n) is 5.91. The molecule has 1 saturated heterocycles. The Morgan fingerprint density at radius 3 is 2.48 bits per heavy atom. The Hall–Kier alpha value is -4.39. The van der Waals surface area contributed by atoms with Crippen LogP contribution in [0.2, 0.25) is 0 Å². The minimum Gasteiger partial charge on any atom is -0.497 e. The van der Waals surface area contributed by atoms with Crippen LogP contribution in [0.1, 0.15) is 62.2 Å². The molecule has 13 heteroatoms. The van der Waals surface area contributed by atoms with Crippen molar-refractivity contribution in [3.8, 4) is 11.4 Å². The van der Waals surface area contributed by atoms with E-state index < -0.39 is 23.7 Å². The smallest absolute Gasteiger partial charge is 0.435 e. The molecule has 1 unspecified atom stereocenters. The van der Waals surface area contributed by atoms with Gasteiger partial charge in [0.1, 0.15) is 11.4 Å². The van der Waals surface area contributed by atoms with E-state index in [-0.39, 0.29) is 47.4 Å². The predicted octanol–water partition coefficient (Wildman–Crippen LogP) is 4.02. The first kappa shape index (κ1) is 31.0. The first-order valence-electron chi connectivity index (χ1n) is 14.5. The Kier molecular flexibility index (Phi) is 8.69. The van der Waals surface area contributed by atoms with E-state index in [1.807, 2.05) is 0 Å². The van der Waals surface area contributed by atoms with E-state index in [0.29, 0.717) is 23.5 Å². The fourth-order valence-corrected chi connectivity index (χ4v) is 5.91. The maximum Gasteiger partial charge on any atom is 0.435 e. The molecule has 44 heavy (non-hydrogen) atoms. The monoisotopic (exact) mass is 612 g/mol. The summed E-state index contributed by atoms with van der Waals surface area (Å²) < 4.78 is 49.0. The summed E-state index contributed by atoms with van der Waals surface area (Å²) in [6.45, 7) is 4.18. The second-order valence-electron chi connectivity index (χ2n) is 11.1. The molecular formula is C31H35F3N6O4. The summed E-state index contributed by atoms with van der Waals surface area (Å²) in [6.07, 6.45) is -2.99. The van der Waals surface area contributed by atoms with Gasteiger partial charge in [-0.25, -0.2) is 4.68 Å². The van der Waals surface area contributed by atoms with Gasteiger partial charge in [-0.05, 0) is 74.8 Å². The first-order chi connectivity index (χ1) is 20.9. The van der Waals surface area contributed by atoms with Crippen molar-refractivity contribution in [2.24, 2.45) is 0 Å². The molecule has 1 fully saturated rings. The van der Waals surface area contributed by atoms with E-state index in [9.17, 15) is 27.6 Å². The van der Waals surface area contributed by atoms with Crippen LogP contribution in [0.15, 0.2) is 42.5 Å². The number of halogens is 3. The quantitative estimate of drug-likeness (QED) is 0.413. The Bertz CT molecular complexity index is 1570. The zero-order valence-corrected chi connectivity index (χ0v) is 25.1. The molecule has 3 aromatic rings. The summed E-state index contributed by atoms with van der Waals surface area (Å²) in [6, 6.07) is 10.8. The van der Waals surface area contributed by atoms with Crippen LogP contribution in [-0.2, 0) is 12.6 Å². The number of methoxy groups -OCH3 is 1. The molecule has 0 bridgehead atoms. The summed E-state index contributed by atoms with van der Waals surface area (Å²) in [5.41, 5.74) is -0.797. The van der Waals surface area contributed by atoms with E-state index in [0.717, 1.165) is 30.6 Å². The molecule has 2 aromatic carbocycles. The second-order valence-corrected chi connectivity index (χ2v) is 11.1. The number of nitrogens with zero attached hydrogens (tertiary/aromatic N) is 5. The molecule has 2 aliphatic rings. The number of alkyl halides is 3. The van der Waals surface area contributed by atoms with Gasteiger partial charge in [0.2, 0.25) is 0 Å². The van der Waals surface area contributed by atoms with E-state index in [4.69, 9.17) is 4.74 Å². The van der Waals surface area contributed by atoms with Gasteiger partial charge in [-0.2, -0.15) is 18.3 Å². The number of aromatic nitrogens is 2. The van der Waals surface area contributed by atoms with Crippen molar-refractivity contribution in [2.75, 3.05) is 52.3 Å². The lowest BCUT2D eigenvalue weighted by Crippen LogP contribution is -2.40. The van der Waals surface area contributed by atoms with Gasteiger partial charge in [0.05, 0.1) is 18.4 Å². The van der Waals surface area contributed by atoms with E-state index in [1.165, 1.54) is 35.1 Å². The molecule has 10 nitrogen and oxygen atoms in total. The topological polar surface area (TPSA) is 100 Å². The zero-order chi connectivity index (χ0) is 31.8. The average molecular weight is 613 g/mol. The molecule has 3 heterocycles. The summed E-state index contributed by atoms with van der Waals surface area (Å²) in [5.74, 6) is -1.11. The number of fused-ring (bicyclic) bond motifs is 1. The number of carbonyl (C=O) groups excluding carboxylic acids is 3. The number of hydrogen-bond donors (Lipinski definition) is 1. The number of hydrogen-bond acceptors (Lipinski definition) is 6. The zero-order valence-electron chi connectivity index (χ0n) is 25.1. The Morgan fingerprint density at radius 1 is 1.11 bits per heavy atom. The van der Waals surface area contributed by atoms with Crippen LogP contribution in [0.4, 0.5) is 18.9 Å². The van der Waals surface area contributed by atoms with Crippen LogP contribution in [0.3, 0.4) is 0 Å². The molecule has 0 spiro atoms. The third kappa shape index (κ3) is 5.88. The van der Waals surface area contributed by atoms with E-state index in [2.05, 4.69) is 22.2 Å². The van der Waals surface area contributed by atoms with Crippen LogP contribution in [-0.4, -0.2) is 90.7 Å². The minimum atomic E-state index is -4.83. The Labute approximate surface area is 253 Å². The molecular weight excluding hydrogens is 577 g/mol. The van der Waals surface area contributed by atoms with Gasteiger partial charge in [0, 0.05) is 50.0 Å². The highest BCUT2D eigenvalue weighted by Crippen LogP contribution is 2.38. The van der Waals surface area contributed by atoms with Gasteiger partial charge in [-0.15, -0.1) is 0 Å². The summed E-state index contributed by atoms with van der Waals surface area (Å²) in [4.78, 5) is 44.9. The second kappa shape index (κ2) is 12.3. The number of likely N-dealkylation sites (N-methyl/N-ethyl adjacent to an activating group) is 1. The van der Waals surface area contributed by atoms with Gasteiger partial charge in [-0.3, -0.25) is 19.3 Å². The molecule has 2 aliphatic heterocycles. The van der Waals surface area contributed by atoms with Crippen LogP contribution in [0, 0.1) is 0 Å². The molecule has 0 saturated carbocycles. The minimum absolute atomic E-state index is 0.0210. The number of likely N-dealkylation sites (tertiary alicyclic amines) is 1. The molecule has 5 rings (SSSR count). The van der Waals surface area contributed by atoms with Gasteiger partial charge >= 0.3 is 6.18 Å². The van der Waals surface area contributed by atoms with Crippen molar-refractivity contribution in [1.29, 1.82) is 0 Å². The Morgan fingerprint density at radius 2 is 1.84 bits per heavy atom. The molecule has 0 aliphatic carbocycles. The van der Waals surface area contributed by atoms with Crippen LogP contribution in [0.5, 0.6) is 5.75 Å². The molecule has 234 valence electrons. The van der Waals surface area contributed by atoms with Crippen LogP contribution in [0.25, 0.3) is 5.69 Å². The highest BCUT2D eigenvalue weighted by atomic mass is 19.4. The maximum atomic E-state index is 14.2. The van der Waals surface area contributed by atoms with E-state index >= 15 is 0 Å². The Balaban J connectivity index is 1.55. The number of anilines is 1. The molecule has 1 atom stereocenters. The van der Waals surface area contributed by atoms with Crippen molar-refractivity contribution in [3.63, 3.8) is 0 Å². The first-order valence-corrected chi connectivity index (χ1v) is 14.5. The van der Waals surface area contributed by atoms with Crippen LogP contribution >= 0.6 is 0 Å². The third-order valence-electron chi connectivity index (χ3n) is 8.20. The lowest BCUT2D eigenvalue weighted by molar-refractivity contribution is -0.141. The standard InChI is InChI=1S/C31H35F3N6O4/c1-5-38-15-6-7-21(38)18-35-28(41)24-17-22(44-4)12-13-25(24)40-26-23(27(36-40)31(32,33)34)14-16-39(30(26)43)20-10-8-19(9-11-20)29(42)37(2)3/h8-13,17,21H,5-7,14-16,18H2,1-4H3,(H,35,41). The molecule has 3 amide bonds. The third-order valence-corrected chi connectivity index (χ3v) is 8.20. The number of benzene rings is 2. The molecule has 0 radical (unpaired) electrons. The van der Waals surface area contributed by atoms with E-state index in [1.54, 1.807) is 38.4 Å².